The molecule has 15 heteroatoms. The Morgan fingerprint density at radius 2 is 1.16 bits per heavy atom. The zero-order valence-corrected chi connectivity index (χ0v) is 22.1. The van der Waals surface area contributed by atoms with Crippen molar-refractivity contribution in [3.8, 4) is 0 Å². The molecule has 1 fully saturated rings. The van der Waals surface area contributed by atoms with Crippen LogP contribution >= 0.6 is 11.6 Å². The molecule has 1 aliphatic rings. The van der Waals surface area contributed by atoms with Gasteiger partial charge in [0.15, 0.2) is 24.6 Å². The zero-order chi connectivity index (χ0) is 28.3. The molecule has 0 bridgehead atoms. The molecule has 0 spiro atoms. The summed E-state index contributed by atoms with van der Waals surface area (Å²) in [6, 6.07) is 0. The van der Waals surface area contributed by atoms with Gasteiger partial charge in [-0.2, -0.15) is 0 Å². The molecule has 37 heavy (non-hydrogen) atoms. The summed E-state index contributed by atoms with van der Waals surface area (Å²) in [6.07, 6.45) is -7.48. The minimum Gasteiger partial charge on any atom is -0.464 e. The molecule has 5 unspecified atom stereocenters. The Morgan fingerprint density at radius 3 is 1.59 bits per heavy atom. The SMILES string of the molecule is CCOC(=O)C(Cl)(COC1OC(COC(C)=O)C(OC(C)=O)C(OC(C)=O)C1OC(C)=O)C(=O)OCC. The van der Waals surface area contributed by atoms with Gasteiger partial charge in [-0.3, -0.25) is 19.2 Å². The molecular formula is C22H31ClO14. The van der Waals surface area contributed by atoms with Crippen molar-refractivity contribution < 1.29 is 66.7 Å². The lowest BCUT2D eigenvalue weighted by molar-refractivity contribution is -0.309. The number of ether oxygens (including phenoxy) is 8. The molecule has 0 aliphatic carbocycles. The van der Waals surface area contributed by atoms with Gasteiger partial charge in [-0.15, -0.1) is 0 Å². The van der Waals surface area contributed by atoms with Gasteiger partial charge in [-0.25, -0.2) is 9.59 Å². The molecule has 210 valence electrons. The fourth-order valence-corrected chi connectivity index (χ4v) is 3.38. The van der Waals surface area contributed by atoms with Crippen LogP contribution in [-0.2, 0) is 66.7 Å². The number of carbonyl (C=O) groups is 6. The Morgan fingerprint density at radius 1 is 0.703 bits per heavy atom. The number of rotatable bonds is 12. The first-order valence-corrected chi connectivity index (χ1v) is 11.6. The highest BCUT2D eigenvalue weighted by atomic mass is 35.5. The molecule has 1 heterocycles. The van der Waals surface area contributed by atoms with Crippen molar-refractivity contribution in [2.75, 3.05) is 26.4 Å². The second-order valence-corrected chi connectivity index (χ2v) is 8.27. The van der Waals surface area contributed by atoms with Crippen LogP contribution in [0.5, 0.6) is 0 Å². The maximum absolute atomic E-state index is 12.5. The maximum atomic E-state index is 12.5. The minimum atomic E-state index is -2.48. The van der Waals surface area contributed by atoms with E-state index in [1.54, 1.807) is 0 Å². The predicted molar refractivity (Wildman–Crippen MR) is 120 cm³/mol. The fourth-order valence-electron chi connectivity index (χ4n) is 3.21. The summed E-state index contributed by atoms with van der Waals surface area (Å²) < 4.78 is 41.8. The highest BCUT2D eigenvalue weighted by Gasteiger charge is 2.55. The van der Waals surface area contributed by atoms with Crippen molar-refractivity contribution in [1.82, 2.24) is 0 Å². The van der Waals surface area contributed by atoms with E-state index in [1.165, 1.54) is 13.8 Å². The van der Waals surface area contributed by atoms with Crippen molar-refractivity contribution >= 4 is 47.4 Å². The summed E-state index contributed by atoms with van der Waals surface area (Å²) in [6.45, 7) is 5.60. The summed E-state index contributed by atoms with van der Waals surface area (Å²) >= 11 is 6.27. The molecule has 0 aromatic heterocycles. The van der Waals surface area contributed by atoms with Gasteiger partial charge in [0.05, 0.1) is 19.8 Å². The van der Waals surface area contributed by atoms with Crippen LogP contribution in [0, 0.1) is 0 Å². The normalized spacial score (nSPS) is 23.3. The van der Waals surface area contributed by atoms with E-state index in [0.717, 1.165) is 27.7 Å². The largest absolute Gasteiger partial charge is 0.464 e. The van der Waals surface area contributed by atoms with Gasteiger partial charge >= 0.3 is 35.8 Å². The summed E-state index contributed by atoms with van der Waals surface area (Å²) in [7, 11) is 0. The lowest BCUT2D eigenvalue weighted by Crippen LogP contribution is -2.63. The van der Waals surface area contributed by atoms with Crippen LogP contribution < -0.4 is 0 Å². The second kappa shape index (κ2) is 14.7. The Labute approximate surface area is 218 Å². The van der Waals surface area contributed by atoms with Crippen LogP contribution in [0.2, 0.25) is 0 Å². The quantitative estimate of drug-likeness (QED) is 0.138. The number of carbonyl (C=O) groups excluding carboxylic acids is 6. The third-order valence-corrected chi connectivity index (χ3v) is 5.01. The third-order valence-electron chi connectivity index (χ3n) is 4.59. The molecule has 0 aromatic rings. The van der Waals surface area contributed by atoms with Crippen molar-refractivity contribution in [3.05, 3.63) is 0 Å². The minimum absolute atomic E-state index is 0.119. The fraction of sp³-hybridized carbons (Fsp3) is 0.727. The van der Waals surface area contributed by atoms with Gasteiger partial charge in [-0.05, 0) is 13.8 Å². The first kappa shape index (κ1) is 32.1. The number of halogens is 1. The van der Waals surface area contributed by atoms with Crippen molar-refractivity contribution in [2.24, 2.45) is 0 Å². The van der Waals surface area contributed by atoms with Gasteiger partial charge in [0, 0.05) is 27.7 Å². The van der Waals surface area contributed by atoms with E-state index >= 15 is 0 Å². The van der Waals surface area contributed by atoms with Crippen molar-refractivity contribution in [1.29, 1.82) is 0 Å². The van der Waals surface area contributed by atoms with E-state index in [1.807, 2.05) is 0 Å². The first-order valence-electron chi connectivity index (χ1n) is 11.2. The van der Waals surface area contributed by atoms with Gasteiger partial charge in [0.2, 0.25) is 0 Å². The third kappa shape index (κ3) is 9.44. The van der Waals surface area contributed by atoms with Crippen molar-refractivity contribution in [3.63, 3.8) is 0 Å². The number of hydrogen-bond donors (Lipinski definition) is 0. The summed E-state index contributed by atoms with van der Waals surface area (Å²) in [5, 5.41) is 0. The Hall–Kier alpha value is -2.97. The van der Waals surface area contributed by atoms with Gasteiger partial charge in [0.1, 0.15) is 12.7 Å². The first-order chi connectivity index (χ1) is 17.3. The molecule has 0 radical (unpaired) electrons. The van der Waals surface area contributed by atoms with Gasteiger partial charge < -0.3 is 37.9 Å². The molecule has 0 saturated carbocycles. The van der Waals surface area contributed by atoms with E-state index < -0.39 is 84.6 Å². The second-order valence-electron chi connectivity index (χ2n) is 7.62. The van der Waals surface area contributed by atoms with E-state index in [4.69, 9.17) is 49.5 Å². The monoisotopic (exact) mass is 554 g/mol. The highest BCUT2D eigenvalue weighted by Crippen LogP contribution is 2.31. The summed E-state index contributed by atoms with van der Waals surface area (Å²) in [4.78, 5) is 69.4. The average Bonchev–Trinajstić information content (AvgIpc) is 2.78. The number of hydrogen-bond acceptors (Lipinski definition) is 14. The van der Waals surface area contributed by atoms with Crippen LogP contribution in [0.15, 0.2) is 0 Å². The molecule has 0 N–H and O–H groups in total. The topological polar surface area (TPSA) is 176 Å². The van der Waals surface area contributed by atoms with E-state index in [-0.39, 0.29) is 13.2 Å². The van der Waals surface area contributed by atoms with Crippen molar-refractivity contribution in [2.45, 2.75) is 77.1 Å². The highest BCUT2D eigenvalue weighted by molar-refractivity contribution is 6.44. The van der Waals surface area contributed by atoms with Gasteiger partial charge in [-0.1, -0.05) is 11.6 Å². The Kier molecular flexibility index (Phi) is 12.7. The van der Waals surface area contributed by atoms with Crippen LogP contribution in [0.1, 0.15) is 41.5 Å². The molecule has 0 amide bonds. The average molecular weight is 555 g/mol. The Balaban J connectivity index is 3.45. The molecule has 1 aliphatic heterocycles. The molecule has 1 saturated heterocycles. The Bertz CT molecular complexity index is 840. The molecule has 14 nitrogen and oxygen atoms in total. The molecule has 0 aromatic carbocycles. The van der Waals surface area contributed by atoms with Crippen LogP contribution in [0.25, 0.3) is 0 Å². The zero-order valence-electron chi connectivity index (χ0n) is 21.3. The van der Waals surface area contributed by atoms with Crippen LogP contribution in [-0.4, -0.2) is 97.8 Å². The lowest BCUT2D eigenvalue weighted by atomic mass is 9.98. The smallest absolute Gasteiger partial charge is 0.341 e. The van der Waals surface area contributed by atoms with Crippen LogP contribution in [0.3, 0.4) is 0 Å². The number of alkyl halides is 1. The standard InChI is InChI=1S/C22H31ClO14/c1-7-30-20(28)22(23,21(29)31-8-2)10-33-19-18(36-14(6)27)17(35-13(5)26)16(34-12(4)25)15(37-19)9-32-11(3)24/h15-19H,7-10H2,1-6H3. The van der Waals surface area contributed by atoms with E-state index in [2.05, 4.69) is 0 Å². The van der Waals surface area contributed by atoms with Crippen LogP contribution in [0.4, 0.5) is 0 Å². The summed E-state index contributed by atoms with van der Waals surface area (Å²) in [5.74, 6) is -5.60. The molecule has 5 atom stereocenters. The lowest BCUT2D eigenvalue weighted by Gasteiger charge is -2.44. The maximum Gasteiger partial charge on any atom is 0.341 e. The number of esters is 6. The van der Waals surface area contributed by atoms with Gasteiger partial charge in [0.25, 0.3) is 4.87 Å². The molecular weight excluding hydrogens is 524 g/mol. The van der Waals surface area contributed by atoms with E-state index in [0.29, 0.717) is 0 Å². The predicted octanol–water partition coefficient (Wildman–Crippen LogP) is 0.190. The van der Waals surface area contributed by atoms with E-state index in [9.17, 15) is 28.8 Å². The molecule has 1 rings (SSSR count). The summed E-state index contributed by atoms with van der Waals surface area (Å²) in [5.41, 5.74) is 0.